The zero-order valence-electron chi connectivity index (χ0n) is 15.8. The minimum atomic E-state index is 0. The van der Waals surface area contributed by atoms with Crippen LogP contribution in [0.4, 0.5) is 0 Å². The van der Waals surface area contributed by atoms with Crippen LogP contribution in [0.3, 0.4) is 0 Å². The zero-order valence-corrected chi connectivity index (χ0v) is 19.7. The van der Waals surface area contributed by atoms with E-state index in [4.69, 9.17) is 4.74 Å². The molecule has 1 N–H and O–H groups in total. The molecule has 1 aromatic carbocycles. The topological polar surface area (TPSA) is 49.8 Å². The van der Waals surface area contributed by atoms with E-state index in [9.17, 15) is 0 Å². The Bertz CT molecular complexity index is 711. The van der Waals surface area contributed by atoms with Crippen LogP contribution in [-0.4, -0.2) is 54.9 Å². The van der Waals surface area contributed by atoms with E-state index in [0.717, 1.165) is 48.7 Å². The molecule has 1 unspecified atom stereocenters. The number of aryl methyl sites for hydroxylation is 1. The number of morpholine rings is 1. The van der Waals surface area contributed by atoms with E-state index in [1.165, 1.54) is 11.1 Å². The Kier molecular flexibility index (Phi) is 9.88. The van der Waals surface area contributed by atoms with Crippen LogP contribution >= 0.6 is 47.1 Å². The average Bonchev–Trinajstić information content (AvgIpc) is 3.19. The van der Waals surface area contributed by atoms with Gasteiger partial charge in [-0.05, 0) is 24.5 Å². The molecule has 0 amide bonds. The van der Waals surface area contributed by atoms with Crippen molar-refractivity contribution in [1.29, 1.82) is 0 Å². The molecule has 1 atom stereocenters. The van der Waals surface area contributed by atoms with Crippen LogP contribution in [0.5, 0.6) is 0 Å². The minimum absolute atomic E-state index is 0. The second-order valence-electron chi connectivity index (χ2n) is 6.14. The number of aliphatic imine (C=N–C) groups is 1. The molecule has 2 aromatic rings. The van der Waals surface area contributed by atoms with Crippen LogP contribution in [0.2, 0.25) is 0 Å². The van der Waals surface area contributed by atoms with Crippen molar-refractivity contribution in [2.24, 2.45) is 4.99 Å². The van der Waals surface area contributed by atoms with E-state index < -0.39 is 0 Å². The molecular formula is C19H27IN4OS2. The lowest BCUT2D eigenvalue weighted by Crippen LogP contribution is -2.48. The second-order valence-corrected chi connectivity index (χ2v) is 8.37. The summed E-state index contributed by atoms with van der Waals surface area (Å²) in [5.74, 6) is 2.03. The number of halogens is 1. The minimum Gasteiger partial charge on any atom is -0.370 e. The number of nitrogens with zero attached hydrogens (tertiary/aromatic N) is 3. The molecule has 1 aliphatic rings. The molecule has 8 heteroatoms. The summed E-state index contributed by atoms with van der Waals surface area (Å²) >= 11 is 3.51. The molecule has 2 heterocycles. The Balaban J connectivity index is 0.00000261. The number of aromatic nitrogens is 1. The summed E-state index contributed by atoms with van der Waals surface area (Å²) in [6, 6.07) is 8.46. The van der Waals surface area contributed by atoms with E-state index in [0.29, 0.717) is 0 Å². The molecule has 3 rings (SSSR count). The quantitative estimate of drug-likeness (QED) is 0.204. The van der Waals surface area contributed by atoms with Crippen LogP contribution in [0.1, 0.15) is 23.7 Å². The Morgan fingerprint density at radius 3 is 3.04 bits per heavy atom. The highest BCUT2D eigenvalue weighted by atomic mass is 127. The number of guanidine groups is 1. The number of benzene rings is 1. The van der Waals surface area contributed by atoms with Gasteiger partial charge in [-0.3, -0.25) is 4.99 Å². The molecule has 0 spiro atoms. The first kappa shape index (κ1) is 22.4. The maximum absolute atomic E-state index is 6.02. The molecule has 5 nitrogen and oxygen atoms in total. The summed E-state index contributed by atoms with van der Waals surface area (Å²) in [5, 5.41) is 5.52. The lowest BCUT2D eigenvalue weighted by molar-refractivity contribution is -0.00829. The third kappa shape index (κ3) is 6.62. The van der Waals surface area contributed by atoms with Gasteiger partial charge < -0.3 is 15.0 Å². The fourth-order valence-corrected chi connectivity index (χ4v) is 4.67. The molecule has 0 radical (unpaired) electrons. The molecule has 0 saturated carbocycles. The lowest BCUT2D eigenvalue weighted by Gasteiger charge is -2.35. The summed E-state index contributed by atoms with van der Waals surface area (Å²) in [4.78, 5) is 11.1. The van der Waals surface area contributed by atoms with E-state index in [1.54, 1.807) is 11.3 Å². The van der Waals surface area contributed by atoms with Gasteiger partial charge in [-0.25, -0.2) is 4.98 Å². The third-order valence-electron chi connectivity index (χ3n) is 4.35. The third-order valence-corrected chi connectivity index (χ3v) is 6.40. The largest absolute Gasteiger partial charge is 0.370 e. The van der Waals surface area contributed by atoms with Crippen molar-refractivity contribution in [2.45, 2.75) is 23.8 Å². The first-order valence-corrected chi connectivity index (χ1v) is 10.8. The number of rotatable bonds is 6. The van der Waals surface area contributed by atoms with Gasteiger partial charge in [-0.1, -0.05) is 36.0 Å². The van der Waals surface area contributed by atoms with E-state index in [2.05, 4.69) is 51.4 Å². The first-order valence-electron chi connectivity index (χ1n) is 8.93. The summed E-state index contributed by atoms with van der Waals surface area (Å²) in [6.07, 6.45) is 3.04. The zero-order chi connectivity index (χ0) is 18.2. The summed E-state index contributed by atoms with van der Waals surface area (Å²) < 4.78 is 7.16. The van der Waals surface area contributed by atoms with Crippen LogP contribution < -0.4 is 5.32 Å². The van der Waals surface area contributed by atoms with Crippen LogP contribution in [0.15, 0.2) is 45.2 Å². The van der Waals surface area contributed by atoms with Gasteiger partial charge in [0.2, 0.25) is 0 Å². The van der Waals surface area contributed by atoms with Crippen molar-refractivity contribution >= 4 is 53.0 Å². The van der Waals surface area contributed by atoms with Gasteiger partial charge in [0, 0.05) is 37.5 Å². The van der Waals surface area contributed by atoms with Gasteiger partial charge in [-0.2, -0.15) is 0 Å². The van der Waals surface area contributed by atoms with Gasteiger partial charge >= 0.3 is 0 Å². The van der Waals surface area contributed by atoms with Gasteiger partial charge in [0.05, 0.1) is 13.2 Å². The Morgan fingerprint density at radius 1 is 1.44 bits per heavy atom. The number of thiazole rings is 1. The van der Waals surface area contributed by atoms with E-state index in [1.807, 2.05) is 30.4 Å². The molecule has 0 bridgehead atoms. The van der Waals surface area contributed by atoms with Crippen LogP contribution in [0.25, 0.3) is 0 Å². The highest BCUT2D eigenvalue weighted by Gasteiger charge is 2.24. The van der Waals surface area contributed by atoms with Crippen molar-refractivity contribution in [1.82, 2.24) is 15.2 Å². The van der Waals surface area contributed by atoms with Crippen LogP contribution in [0, 0.1) is 6.92 Å². The molecule has 1 saturated heterocycles. The fourth-order valence-electron chi connectivity index (χ4n) is 3.02. The van der Waals surface area contributed by atoms with Gasteiger partial charge in [0.25, 0.3) is 0 Å². The summed E-state index contributed by atoms with van der Waals surface area (Å²) in [5.41, 5.74) is 2.55. The highest BCUT2D eigenvalue weighted by molar-refractivity contribution is 14.0. The predicted octanol–water partition coefficient (Wildman–Crippen LogP) is 4.20. The predicted molar refractivity (Wildman–Crippen MR) is 126 cm³/mol. The van der Waals surface area contributed by atoms with Crippen molar-refractivity contribution < 1.29 is 4.74 Å². The molecule has 27 heavy (non-hydrogen) atoms. The number of thioether (sulfide) groups is 1. The summed E-state index contributed by atoms with van der Waals surface area (Å²) in [6.45, 7) is 5.48. The second kappa shape index (κ2) is 11.9. The molecule has 0 aliphatic carbocycles. The number of hydrogen-bond donors (Lipinski definition) is 1. The molecule has 1 aliphatic heterocycles. The van der Waals surface area contributed by atoms with Gasteiger partial charge in [0.15, 0.2) is 5.96 Å². The maximum Gasteiger partial charge on any atom is 0.193 e. The Hall–Kier alpha value is -0.840. The number of nitrogens with one attached hydrogen (secondary N) is 1. The lowest BCUT2D eigenvalue weighted by atomic mass is 10.0. The maximum atomic E-state index is 6.02. The SMILES string of the molecule is CN=C(NCCCSc1nccs1)N1CCOC(c2ccccc2C)C1.I. The fraction of sp³-hybridized carbons (Fsp3) is 0.474. The Labute approximate surface area is 187 Å². The first-order chi connectivity index (χ1) is 12.8. The summed E-state index contributed by atoms with van der Waals surface area (Å²) in [7, 11) is 1.85. The highest BCUT2D eigenvalue weighted by Crippen LogP contribution is 2.25. The average molecular weight is 518 g/mol. The van der Waals surface area contributed by atoms with Crippen molar-refractivity contribution in [2.75, 3.05) is 39.0 Å². The van der Waals surface area contributed by atoms with Crippen LogP contribution in [-0.2, 0) is 4.74 Å². The van der Waals surface area contributed by atoms with Crippen molar-refractivity contribution in [3.63, 3.8) is 0 Å². The standard InChI is InChI=1S/C19H26N4OS2.HI/c1-15-6-3-4-7-16(15)17-14-23(10-11-24-17)18(20-2)21-8-5-12-25-19-22-9-13-26-19;/h3-4,6-7,9,13,17H,5,8,10-12,14H2,1-2H3,(H,20,21);1H. The number of hydrogen-bond acceptors (Lipinski definition) is 5. The van der Waals surface area contributed by atoms with E-state index >= 15 is 0 Å². The monoisotopic (exact) mass is 518 g/mol. The molecular weight excluding hydrogens is 491 g/mol. The molecule has 148 valence electrons. The molecule has 1 aromatic heterocycles. The van der Waals surface area contributed by atoms with Gasteiger partial charge in [-0.15, -0.1) is 35.3 Å². The molecule has 1 fully saturated rings. The van der Waals surface area contributed by atoms with Crippen molar-refractivity contribution in [3.05, 3.63) is 47.0 Å². The normalized spacial score (nSPS) is 17.5. The number of ether oxygens (including phenoxy) is 1. The van der Waals surface area contributed by atoms with E-state index in [-0.39, 0.29) is 30.1 Å². The smallest absolute Gasteiger partial charge is 0.193 e. The van der Waals surface area contributed by atoms with Crippen molar-refractivity contribution in [3.8, 4) is 0 Å². The van der Waals surface area contributed by atoms with Gasteiger partial charge in [0.1, 0.15) is 10.4 Å². The Morgan fingerprint density at radius 2 is 2.30 bits per heavy atom.